The van der Waals surface area contributed by atoms with Crippen LogP contribution in [0.1, 0.15) is 0 Å². The molecule has 180 valence electrons. The number of nitrogens with zero attached hydrogens (tertiary/aromatic N) is 4. The van der Waals surface area contributed by atoms with Gasteiger partial charge in [-0.25, -0.2) is 9.37 Å². The summed E-state index contributed by atoms with van der Waals surface area (Å²) in [6.45, 7) is 1.22. The highest BCUT2D eigenvalue weighted by atomic mass is 19.1. The molecule has 0 saturated heterocycles. The second-order valence-corrected chi connectivity index (χ2v) is 8.95. The Morgan fingerprint density at radius 2 is 1.89 bits per heavy atom. The molecule has 0 fully saturated rings. The minimum atomic E-state index is -0.349. The quantitative estimate of drug-likeness (QED) is 0.290. The molecule has 0 atom stereocenters. The lowest BCUT2D eigenvalue weighted by atomic mass is 10.0. The first-order chi connectivity index (χ1) is 17.5. The lowest BCUT2D eigenvalue weighted by Gasteiger charge is -2.12. The van der Waals surface area contributed by atoms with Gasteiger partial charge in [0.15, 0.2) is 0 Å². The van der Waals surface area contributed by atoms with E-state index in [-0.39, 0.29) is 5.82 Å². The van der Waals surface area contributed by atoms with Crippen LogP contribution in [-0.4, -0.2) is 62.5 Å². The normalized spacial score (nSPS) is 11.7. The second kappa shape index (κ2) is 8.94. The molecule has 0 saturated carbocycles. The number of aromatic amines is 3. The van der Waals surface area contributed by atoms with Crippen molar-refractivity contribution in [1.82, 2.24) is 35.3 Å². The lowest BCUT2D eigenvalue weighted by molar-refractivity contribution is 0.260. The molecule has 0 spiro atoms. The Bertz CT molecular complexity index is 1670. The number of nitrogens with one attached hydrogen (secondary N) is 3. The summed E-state index contributed by atoms with van der Waals surface area (Å²) in [5.74, 6) is 0.149. The molecule has 8 nitrogen and oxygen atoms in total. The molecule has 0 amide bonds. The molecule has 4 heterocycles. The monoisotopic (exact) mass is 481 g/mol. The molecule has 0 aliphatic rings. The number of halogens is 1. The maximum absolute atomic E-state index is 14.5. The Morgan fingerprint density at radius 3 is 2.72 bits per heavy atom. The number of aromatic nitrogens is 6. The molecule has 0 unspecified atom stereocenters. The van der Waals surface area contributed by atoms with Gasteiger partial charge in [0.1, 0.15) is 29.5 Å². The summed E-state index contributed by atoms with van der Waals surface area (Å²) in [6.07, 6.45) is 5.37. The van der Waals surface area contributed by atoms with Crippen molar-refractivity contribution in [3.8, 4) is 39.4 Å². The summed E-state index contributed by atoms with van der Waals surface area (Å²) in [6, 6.07) is 14.8. The SMILES string of the molecule is CN(C)CCOc1cc(F)cc(-c2ccnc3[nH]c(-c4n[nH]c5ccc(-c6cn[nH]c6)cc45)cc23)c1. The zero-order valence-corrected chi connectivity index (χ0v) is 19.8. The minimum Gasteiger partial charge on any atom is -0.492 e. The van der Waals surface area contributed by atoms with Gasteiger partial charge in [-0.3, -0.25) is 10.2 Å². The standard InChI is InChI=1S/C27H24FN7O/c1-35(2)7-8-36-20-10-17(9-19(28)12-20)21-5-6-29-27-22(21)13-25(32-27)26-23-11-16(18-14-30-31-15-18)3-4-24(23)33-34-26/h3-6,9-15H,7-8H2,1-2H3,(H,29,32)(H,30,31)(H,33,34). The van der Waals surface area contributed by atoms with E-state index < -0.39 is 0 Å². The largest absolute Gasteiger partial charge is 0.492 e. The molecular formula is C27H24FN7O. The van der Waals surface area contributed by atoms with Gasteiger partial charge in [0.05, 0.1) is 17.4 Å². The number of H-pyrrole nitrogens is 3. The molecule has 9 heteroatoms. The predicted octanol–water partition coefficient (Wildman–Crippen LogP) is 5.24. The maximum atomic E-state index is 14.5. The molecule has 3 N–H and O–H groups in total. The number of ether oxygens (including phenoxy) is 1. The van der Waals surface area contributed by atoms with E-state index in [9.17, 15) is 4.39 Å². The Balaban J connectivity index is 1.41. The van der Waals surface area contributed by atoms with Crippen molar-refractivity contribution in [3.63, 3.8) is 0 Å². The topological polar surface area (TPSA) is 98.5 Å². The Labute approximate surface area is 206 Å². The highest BCUT2D eigenvalue weighted by Gasteiger charge is 2.16. The van der Waals surface area contributed by atoms with Gasteiger partial charge in [0.2, 0.25) is 0 Å². The van der Waals surface area contributed by atoms with Crippen LogP contribution in [0.3, 0.4) is 0 Å². The summed E-state index contributed by atoms with van der Waals surface area (Å²) in [4.78, 5) is 9.92. The predicted molar refractivity (Wildman–Crippen MR) is 138 cm³/mol. The molecule has 6 aromatic rings. The minimum absolute atomic E-state index is 0.349. The summed E-state index contributed by atoms with van der Waals surface area (Å²) in [5, 5.41) is 16.4. The van der Waals surface area contributed by atoms with Gasteiger partial charge >= 0.3 is 0 Å². The van der Waals surface area contributed by atoms with Crippen LogP contribution in [0.25, 0.3) is 55.6 Å². The first kappa shape index (κ1) is 22.0. The Hall–Kier alpha value is -4.50. The molecule has 36 heavy (non-hydrogen) atoms. The van der Waals surface area contributed by atoms with Crippen molar-refractivity contribution < 1.29 is 9.13 Å². The van der Waals surface area contributed by atoms with Gasteiger partial charge in [-0.2, -0.15) is 10.2 Å². The third-order valence-electron chi connectivity index (χ3n) is 6.17. The fourth-order valence-corrected chi connectivity index (χ4v) is 4.36. The highest BCUT2D eigenvalue weighted by molar-refractivity contribution is 6.00. The average molecular weight is 482 g/mol. The number of hydrogen-bond acceptors (Lipinski definition) is 5. The average Bonchev–Trinajstić information content (AvgIpc) is 3.62. The lowest BCUT2D eigenvalue weighted by Crippen LogP contribution is -2.19. The van der Waals surface area contributed by atoms with Crippen molar-refractivity contribution in [3.05, 3.63) is 72.9 Å². The molecule has 0 aliphatic carbocycles. The van der Waals surface area contributed by atoms with E-state index in [0.29, 0.717) is 18.0 Å². The van der Waals surface area contributed by atoms with Crippen molar-refractivity contribution in [2.45, 2.75) is 0 Å². The van der Waals surface area contributed by atoms with Crippen molar-refractivity contribution >= 4 is 21.9 Å². The summed E-state index contributed by atoms with van der Waals surface area (Å²) >= 11 is 0. The maximum Gasteiger partial charge on any atom is 0.138 e. The van der Waals surface area contributed by atoms with Gasteiger partial charge < -0.3 is 14.6 Å². The molecule has 0 aliphatic heterocycles. The Kier molecular flexibility index (Phi) is 5.46. The third kappa shape index (κ3) is 4.09. The van der Waals surface area contributed by atoms with Crippen LogP contribution < -0.4 is 4.74 Å². The molecular weight excluding hydrogens is 457 g/mol. The number of benzene rings is 2. The molecule has 4 aromatic heterocycles. The van der Waals surface area contributed by atoms with Gasteiger partial charge in [-0.1, -0.05) is 6.07 Å². The van der Waals surface area contributed by atoms with E-state index in [2.05, 4.69) is 36.4 Å². The molecule has 0 bridgehead atoms. The van der Waals surface area contributed by atoms with Crippen LogP contribution in [0.4, 0.5) is 4.39 Å². The highest BCUT2D eigenvalue weighted by Crippen LogP contribution is 2.35. The van der Waals surface area contributed by atoms with Crippen LogP contribution >= 0.6 is 0 Å². The number of rotatable bonds is 7. The van der Waals surface area contributed by atoms with E-state index in [1.807, 2.05) is 55.5 Å². The summed E-state index contributed by atoms with van der Waals surface area (Å²) in [7, 11) is 3.94. The van der Waals surface area contributed by atoms with Gasteiger partial charge in [0.25, 0.3) is 0 Å². The fourth-order valence-electron chi connectivity index (χ4n) is 4.36. The molecule has 2 aromatic carbocycles. The van der Waals surface area contributed by atoms with E-state index in [1.165, 1.54) is 12.1 Å². The van der Waals surface area contributed by atoms with Crippen LogP contribution in [0, 0.1) is 5.82 Å². The van der Waals surface area contributed by atoms with E-state index >= 15 is 0 Å². The number of fused-ring (bicyclic) bond motifs is 2. The van der Waals surface area contributed by atoms with E-state index in [1.54, 1.807) is 12.4 Å². The van der Waals surface area contributed by atoms with Crippen molar-refractivity contribution in [2.24, 2.45) is 0 Å². The fraction of sp³-hybridized carbons (Fsp3) is 0.148. The van der Waals surface area contributed by atoms with E-state index in [0.717, 1.165) is 56.5 Å². The molecule has 0 radical (unpaired) electrons. The van der Waals surface area contributed by atoms with E-state index in [4.69, 9.17) is 4.74 Å². The van der Waals surface area contributed by atoms with Gasteiger partial charge in [0, 0.05) is 41.3 Å². The van der Waals surface area contributed by atoms with Crippen LogP contribution in [0.5, 0.6) is 5.75 Å². The van der Waals surface area contributed by atoms with Crippen LogP contribution in [0.15, 0.2) is 67.1 Å². The Morgan fingerprint density at radius 1 is 0.972 bits per heavy atom. The number of pyridine rings is 1. The smallest absolute Gasteiger partial charge is 0.138 e. The van der Waals surface area contributed by atoms with Crippen molar-refractivity contribution in [2.75, 3.05) is 27.2 Å². The van der Waals surface area contributed by atoms with Crippen LogP contribution in [0.2, 0.25) is 0 Å². The van der Waals surface area contributed by atoms with Gasteiger partial charge in [-0.05, 0) is 67.2 Å². The number of likely N-dealkylation sites (N-methyl/N-ethyl adjacent to an activating group) is 1. The molecule has 6 rings (SSSR count). The van der Waals surface area contributed by atoms with Crippen LogP contribution in [-0.2, 0) is 0 Å². The zero-order chi connectivity index (χ0) is 24.6. The third-order valence-corrected chi connectivity index (χ3v) is 6.17. The first-order valence-corrected chi connectivity index (χ1v) is 11.6. The summed E-state index contributed by atoms with van der Waals surface area (Å²) in [5.41, 5.74) is 6.85. The zero-order valence-electron chi connectivity index (χ0n) is 19.8. The number of hydrogen-bond donors (Lipinski definition) is 3. The summed E-state index contributed by atoms with van der Waals surface area (Å²) < 4.78 is 20.3. The first-order valence-electron chi connectivity index (χ1n) is 11.6. The second-order valence-electron chi connectivity index (χ2n) is 8.95. The van der Waals surface area contributed by atoms with Crippen molar-refractivity contribution in [1.29, 1.82) is 0 Å². The van der Waals surface area contributed by atoms with Gasteiger partial charge in [-0.15, -0.1) is 0 Å².